The molecule has 0 unspecified atom stereocenters. The van der Waals surface area contributed by atoms with E-state index in [-0.39, 0.29) is 5.92 Å². The maximum Gasteiger partial charge on any atom is 0.416 e. The average molecular weight is 493 g/mol. The number of alkyl halides is 3. The summed E-state index contributed by atoms with van der Waals surface area (Å²) in [6, 6.07) is 11.7. The Morgan fingerprint density at radius 2 is 1.54 bits per heavy atom. The molecule has 0 fully saturated rings. The molecule has 0 heterocycles. The van der Waals surface area contributed by atoms with Crippen LogP contribution in [-0.4, -0.2) is 34.4 Å². The molecule has 0 saturated heterocycles. The highest BCUT2D eigenvalue weighted by Gasteiger charge is 2.37. The van der Waals surface area contributed by atoms with Gasteiger partial charge in [-0.15, -0.1) is 0 Å². The number of hydrogen-bond acceptors (Lipinski definition) is 5. The van der Waals surface area contributed by atoms with E-state index >= 15 is 0 Å². The molecule has 2 rings (SSSR count). The summed E-state index contributed by atoms with van der Waals surface area (Å²) in [6.07, 6.45) is -1.65. The van der Waals surface area contributed by atoms with Crippen molar-refractivity contribution < 1.29 is 27.4 Å². The van der Waals surface area contributed by atoms with Crippen molar-refractivity contribution in [3.8, 4) is 23.3 Å². The summed E-state index contributed by atoms with van der Waals surface area (Å²) in [5.41, 5.74) is 0.129. The molecule has 0 aliphatic heterocycles. The lowest BCUT2D eigenvalue weighted by molar-refractivity contribution is -0.137. The van der Waals surface area contributed by atoms with Crippen LogP contribution >= 0.6 is 0 Å². The number of nitriles is 1. The topological polar surface area (TPSA) is 63.5 Å². The van der Waals surface area contributed by atoms with E-state index in [1.54, 1.807) is 27.4 Å². The van der Waals surface area contributed by atoms with Crippen LogP contribution in [0.15, 0.2) is 36.4 Å². The maximum atomic E-state index is 12.9. The van der Waals surface area contributed by atoms with E-state index in [1.165, 1.54) is 12.1 Å². The van der Waals surface area contributed by atoms with E-state index in [9.17, 15) is 18.4 Å². The lowest BCUT2D eigenvalue weighted by Gasteiger charge is -2.32. The zero-order chi connectivity index (χ0) is 26.1. The van der Waals surface area contributed by atoms with Crippen molar-refractivity contribution in [2.24, 2.45) is 5.92 Å². The molecule has 0 bridgehead atoms. The summed E-state index contributed by atoms with van der Waals surface area (Å²) in [7, 11) is 4.64. The first-order chi connectivity index (χ1) is 16.6. The van der Waals surface area contributed by atoms with Gasteiger partial charge in [0.1, 0.15) is 0 Å². The number of methoxy groups -OCH3 is 3. The van der Waals surface area contributed by atoms with Gasteiger partial charge in [-0.1, -0.05) is 32.0 Å². The lowest BCUT2D eigenvalue weighted by atomic mass is 9.69. The van der Waals surface area contributed by atoms with Gasteiger partial charge in [-0.3, -0.25) is 0 Å². The van der Waals surface area contributed by atoms with Gasteiger partial charge in [0, 0.05) is 0 Å². The molecule has 1 atom stereocenters. The zero-order valence-corrected chi connectivity index (χ0v) is 21.1. The van der Waals surface area contributed by atoms with Gasteiger partial charge in [-0.2, -0.15) is 18.4 Å². The van der Waals surface area contributed by atoms with E-state index in [1.807, 2.05) is 26.0 Å². The van der Waals surface area contributed by atoms with Crippen molar-refractivity contribution in [1.29, 1.82) is 5.26 Å². The van der Waals surface area contributed by atoms with Crippen molar-refractivity contribution in [3.05, 3.63) is 53.1 Å². The number of nitrogens with zero attached hydrogens (tertiary/aromatic N) is 1. The molecule has 8 heteroatoms. The molecule has 0 aliphatic rings. The zero-order valence-electron chi connectivity index (χ0n) is 21.1. The highest BCUT2D eigenvalue weighted by molar-refractivity contribution is 5.56. The van der Waals surface area contributed by atoms with E-state index in [4.69, 9.17) is 14.2 Å². The van der Waals surface area contributed by atoms with E-state index < -0.39 is 17.2 Å². The van der Waals surface area contributed by atoms with E-state index in [0.29, 0.717) is 48.7 Å². The van der Waals surface area contributed by atoms with Crippen molar-refractivity contribution in [3.63, 3.8) is 0 Å². The highest BCUT2D eigenvalue weighted by atomic mass is 19.4. The lowest BCUT2D eigenvalue weighted by Crippen LogP contribution is -2.32. The van der Waals surface area contributed by atoms with Gasteiger partial charge in [-0.05, 0) is 74.0 Å². The predicted molar refractivity (Wildman–Crippen MR) is 130 cm³/mol. The normalized spacial score (nSPS) is 13.3. The first-order valence-electron chi connectivity index (χ1n) is 11.7. The van der Waals surface area contributed by atoms with Crippen molar-refractivity contribution in [2.75, 3.05) is 34.4 Å². The van der Waals surface area contributed by atoms with Gasteiger partial charge in [0.2, 0.25) is 5.75 Å². The van der Waals surface area contributed by atoms with Crippen LogP contribution in [0.25, 0.3) is 0 Å². The molecule has 0 aliphatic carbocycles. The van der Waals surface area contributed by atoms with Crippen LogP contribution in [-0.2, 0) is 18.0 Å². The van der Waals surface area contributed by atoms with Gasteiger partial charge >= 0.3 is 6.18 Å². The van der Waals surface area contributed by atoms with Gasteiger partial charge in [0.15, 0.2) is 11.5 Å². The number of halogens is 3. The Morgan fingerprint density at radius 1 is 0.914 bits per heavy atom. The molecule has 2 aromatic carbocycles. The van der Waals surface area contributed by atoms with Crippen molar-refractivity contribution in [1.82, 2.24) is 5.32 Å². The van der Waals surface area contributed by atoms with Gasteiger partial charge in [0.05, 0.1) is 38.4 Å². The minimum absolute atomic E-state index is 0.0382. The van der Waals surface area contributed by atoms with Gasteiger partial charge < -0.3 is 19.5 Å². The molecule has 0 spiro atoms. The summed E-state index contributed by atoms with van der Waals surface area (Å²) >= 11 is 0. The summed E-state index contributed by atoms with van der Waals surface area (Å²) in [5, 5.41) is 13.6. The third kappa shape index (κ3) is 7.04. The molecule has 0 amide bonds. The standard InChI is InChI=1S/C27H35F3N2O3/c1-19(2)26(18-31,22-16-23(33-3)25(35-5)24(17-22)34-4)12-8-14-32-13-7-10-20-9-6-11-21(15-20)27(28,29)30/h6,9,11,15-17,19,32H,7-8,10,12-14H2,1-5H3/t26-/m0/s1. The maximum absolute atomic E-state index is 12.9. The number of aryl methyl sites for hydroxylation is 1. The Morgan fingerprint density at radius 3 is 2.06 bits per heavy atom. The monoisotopic (exact) mass is 492 g/mol. The van der Waals surface area contributed by atoms with Crippen LogP contribution in [0.1, 0.15) is 49.8 Å². The second kappa shape index (κ2) is 12.7. The van der Waals surface area contributed by atoms with Gasteiger partial charge in [0.25, 0.3) is 0 Å². The van der Waals surface area contributed by atoms with E-state index in [0.717, 1.165) is 24.5 Å². The Balaban J connectivity index is 1.98. The summed E-state index contributed by atoms with van der Waals surface area (Å²) in [5.74, 6) is 1.54. The Bertz CT molecular complexity index is 977. The molecular formula is C27H35F3N2O3. The largest absolute Gasteiger partial charge is 0.493 e. The average Bonchev–Trinajstić information content (AvgIpc) is 2.84. The van der Waals surface area contributed by atoms with Crippen LogP contribution < -0.4 is 19.5 Å². The molecule has 0 aromatic heterocycles. The molecule has 0 radical (unpaired) electrons. The van der Waals surface area contributed by atoms with Crippen LogP contribution in [0, 0.1) is 17.2 Å². The number of rotatable bonds is 13. The second-order valence-electron chi connectivity index (χ2n) is 8.81. The van der Waals surface area contributed by atoms with Crippen molar-refractivity contribution >= 4 is 0 Å². The number of ether oxygens (including phenoxy) is 3. The smallest absolute Gasteiger partial charge is 0.416 e. The molecule has 35 heavy (non-hydrogen) atoms. The fourth-order valence-corrected chi connectivity index (χ4v) is 4.29. The number of nitrogens with one attached hydrogen (secondary N) is 1. The first-order valence-corrected chi connectivity index (χ1v) is 11.7. The summed E-state index contributed by atoms with van der Waals surface area (Å²) in [6.45, 7) is 5.43. The Kier molecular flexibility index (Phi) is 10.3. The fourth-order valence-electron chi connectivity index (χ4n) is 4.29. The third-order valence-electron chi connectivity index (χ3n) is 6.36. The second-order valence-corrected chi connectivity index (χ2v) is 8.81. The third-order valence-corrected chi connectivity index (χ3v) is 6.36. The highest BCUT2D eigenvalue weighted by Crippen LogP contribution is 2.45. The minimum atomic E-state index is -4.32. The summed E-state index contributed by atoms with van der Waals surface area (Å²) < 4.78 is 55.0. The van der Waals surface area contributed by atoms with E-state index in [2.05, 4.69) is 11.4 Å². The molecule has 1 N–H and O–H groups in total. The fraction of sp³-hybridized carbons (Fsp3) is 0.519. The molecule has 192 valence electrons. The quantitative estimate of drug-likeness (QED) is 0.340. The minimum Gasteiger partial charge on any atom is -0.493 e. The van der Waals surface area contributed by atoms with Gasteiger partial charge in [-0.25, -0.2) is 0 Å². The number of benzene rings is 2. The molecule has 2 aromatic rings. The predicted octanol–water partition coefficient (Wildman–Crippen LogP) is 6.15. The Labute approximate surface area is 206 Å². The molecule has 5 nitrogen and oxygen atoms in total. The Hall–Kier alpha value is -2.92. The number of hydrogen-bond donors (Lipinski definition) is 1. The molecule has 0 saturated carbocycles. The van der Waals surface area contributed by atoms with Crippen molar-refractivity contribution in [2.45, 2.75) is 51.1 Å². The summed E-state index contributed by atoms with van der Waals surface area (Å²) in [4.78, 5) is 0. The first kappa shape index (κ1) is 28.3. The SMILES string of the molecule is COc1cc([C@](C#N)(CCCNCCCc2cccc(C(F)(F)F)c2)C(C)C)cc(OC)c1OC. The van der Waals surface area contributed by atoms with Crippen LogP contribution in [0.3, 0.4) is 0 Å². The van der Waals surface area contributed by atoms with Crippen LogP contribution in [0.2, 0.25) is 0 Å². The van der Waals surface area contributed by atoms with Crippen LogP contribution in [0.5, 0.6) is 17.2 Å². The van der Waals surface area contributed by atoms with Crippen LogP contribution in [0.4, 0.5) is 13.2 Å². The molecular weight excluding hydrogens is 457 g/mol.